The van der Waals surface area contributed by atoms with Gasteiger partial charge in [0.2, 0.25) is 11.8 Å². The summed E-state index contributed by atoms with van der Waals surface area (Å²) in [6.45, 7) is 5.23. The van der Waals surface area contributed by atoms with Gasteiger partial charge >= 0.3 is 0 Å². The summed E-state index contributed by atoms with van der Waals surface area (Å²) >= 11 is 0. The first kappa shape index (κ1) is 18.5. The van der Waals surface area contributed by atoms with Crippen LogP contribution in [-0.4, -0.2) is 47.6 Å². The summed E-state index contributed by atoms with van der Waals surface area (Å²) in [5.74, 6) is -0.0485. The fourth-order valence-corrected chi connectivity index (χ4v) is 3.08. The highest BCUT2D eigenvalue weighted by Gasteiger charge is 2.34. The van der Waals surface area contributed by atoms with Crippen molar-refractivity contribution in [3.63, 3.8) is 0 Å². The van der Waals surface area contributed by atoms with Gasteiger partial charge in [0.15, 0.2) is 0 Å². The predicted molar refractivity (Wildman–Crippen MR) is 93.3 cm³/mol. The highest BCUT2D eigenvalue weighted by molar-refractivity contribution is 5.89. The quantitative estimate of drug-likeness (QED) is 0.760. The number of carbonyl (C=O) groups excluding carboxylic acids is 2. The van der Waals surface area contributed by atoms with Gasteiger partial charge in [0.25, 0.3) is 0 Å². The number of benzene rings is 1. The zero-order valence-electron chi connectivity index (χ0n) is 14.6. The molecule has 1 aliphatic heterocycles. The summed E-state index contributed by atoms with van der Waals surface area (Å²) in [6.07, 6.45) is 1.63. The summed E-state index contributed by atoms with van der Waals surface area (Å²) in [5.41, 5.74) is 1.20. The maximum absolute atomic E-state index is 12.4. The molecule has 2 amide bonds. The fourth-order valence-electron chi connectivity index (χ4n) is 3.08. The van der Waals surface area contributed by atoms with E-state index in [9.17, 15) is 9.59 Å². The van der Waals surface area contributed by atoms with Crippen LogP contribution in [0.1, 0.15) is 32.3 Å². The Morgan fingerprint density at radius 2 is 2.04 bits per heavy atom. The monoisotopic (exact) mass is 332 g/mol. The van der Waals surface area contributed by atoms with E-state index in [1.165, 1.54) is 5.56 Å². The number of nitrogens with zero attached hydrogens (tertiary/aromatic N) is 1. The number of amides is 2. The zero-order chi connectivity index (χ0) is 17.5. The first-order valence-corrected chi connectivity index (χ1v) is 8.74. The van der Waals surface area contributed by atoms with Crippen molar-refractivity contribution < 1.29 is 14.7 Å². The molecule has 1 heterocycles. The molecule has 0 bridgehead atoms. The molecule has 5 heteroatoms. The molecule has 0 radical (unpaired) electrons. The molecule has 0 aliphatic carbocycles. The molecule has 132 valence electrons. The molecule has 2 unspecified atom stereocenters. The standard InChI is InChI=1S/C19H28N2O3/c1-14(2)17(9-11-22)20-19(24)16-12-18(23)21(13-16)10-8-15-6-4-3-5-7-15/h3-7,14,16-17,22H,8-13H2,1-2H3,(H,20,24). The van der Waals surface area contributed by atoms with Crippen LogP contribution in [0, 0.1) is 11.8 Å². The van der Waals surface area contributed by atoms with Crippen molar-refractivity contribution in [1.29, 1.82) is 0 Å². The molecule has 0 saturated carbocycles. The maximum atomic E-state index is 12.4. The second-order valence-corrected chi connectivity index (χ2v) is 6.85. The third-order valence-corrected chi connectivity index (χ3v) is 4.67. The average Bonchev–Trinajstić information content (AvgIpc) is 2.94. The van der Waals surface area contributed by atoms with Crippen molar-refractivity contribution in [2.45, 2.75) is 39.2 Å². The van der Waals surface area contributed by atoms with Crippen LogP contribution in [0.3, 0.4) is 0 Å². The first-order chi connectivity index (χ1) is 11.5. The Morgan fingerprint density at radius 3 is 2.67 bits per heavy atom. The number of rotatable bonds is 8. The normalized spacial score (nSPS) is 18.9. The van der Waals surface area contributed by atoms with E-state index in [0.717, 1.165) is 6.42 Å². The Kier molecular flexibility index (Phi) is 6.79. The molecule has 2 N–H and O–H groups in total. The van der Waals surface area contributed by atoms with Crippen LogP contribution >= 0.6 is 0 Å². The Balaban J connectivity index is 1.85. The molecule has 0 aromatic heterocycles. The minimum Gasteiger partial charge on any atom is -0.396 e. The van der Waals surface area contributed by atoms with Gasteiger partial charge in [-0.25, -0.2) is 0 Å². The van der Waals surface area contributed by atoms with Gasteiger partial charge in [-0.3, -0.25) is 9.59 Å². The van der Waals surface area contributed by atoms with Crippen molar-refractivity contribution in [2.24, 2.45) is 11.8 Å². The number of aliphatic hydroxyl groups excluding tert-OH is 1. The van der Waals surface area contributed by atoms with Gasteiger partial charge in [0, 0.05) is 32.2 Å². The van der Waals surface area contributed by atoms with Gasteiger partial charge in [0.1, 0.15) is 0 Å². The minimum atomic E-state index is -0.284. The van der Waals surface area contributed by atoms with Gasteiger partial charge in [-0.05, 0) is 24.3 Å². The smallest absolute Gasteiger partial charge is 0.225 e. The molecule has 1 fully saturated rings. The fraction of sp³-hybridized carbons (Fsp3) is 0.579. The lowest BCUT2D eigenvalue weighted by molar-refractivity contribution is -0.129. The van der Waals surface area contributed by atoms with Gasteiger partial charge in [-0.1, -0.05) is 44.2 Å². The van der Waals surface area contributed by atoms with Crippen LogP contribution in [0.25, 0.3) is 0 Å². The second kappa shape index (κ2) is 8.83. The van der Waals surface area contributed by atoms with Crippen LogP contribution < -0.4 is 5.32 Å². The molecule has 1 saturated heterocycles. The lowest BCUT2D eigenvalue weighted by Gasteiger charge is -2.23. The van der Waals surface area contributed by atoms with Gasteiger partial charge in [0.05, 0.1) is 5.92 Å². The Hall–Kier alpha value is -1.88. The van der Waals surface area contributed by atoms with Crippen molar-refractivity contribution in [3.05, 3.63) is 35.9 Å². The van der Waals surface area contributed by atoms with Crippen molar-refractivity contribution in [3.8, 4) is 0 Å². The Bertz CT molecular complexity index is 545. The van der Waals surface area contributed by atoms with E-state index in [1.807, 2.05) is 44.2 Å². The molecular weight excluding hydrogens is 304 g/mol. The minimum absolute atomic E-state index is 0.0454. The molecule has 2 rings (SSSR count). The van der Waals surface area contributed by atoms with Gasteiger partial charge < -0.3 is 15.3 Å². The highest BCUT2D eigenvalue weighted by Crippen LogP contribution is 2.19. The zero-order valence-corrected chi connectivity index (χ0v) is 14.6. The Labute approximate surface area is 144 Å². The first-order valence-electron chi connectivity index (χ1n) is 8.74. The SMILES string of the molecule is CC(C)C(CCO)NC(=O)C1CC(=O)N(CCc2ccccc2)C1. The molecule has 2 atom stereocenters. The molecule has 1 aromatic carbocycles. The van der Waals surface area contributed by atoms with Crippen LogP contribution in [0.5, 0.6) is 0 Å². The van der Waals surface area contributed by atoms with Crippen molar-refractivity contribution >= 4 is 11.8 Å². The van der Waals surface area contributed by atoms with Crippen molar-refractivity contribution in [2.75, 3.05) is 19.7 Å². The summed E-state index contributed by atoms with van der Waals surface area (Å²) < 4.78 is 0. The van der Waals surface area contributed by atoms with Gasteiger partial charge in [-0.2, -0.15) is 0 Å². The predicted octanol–water partition coefficient (Wildman–Crippen LogP) is 1.60. The lowest BCUT2D eigenvalue weighted by Crippen LogP contribution is -2.43. The Morgan fingerprint density at radius 1 is 1.33 bits per heavy atom. The lowest BCUT2D eigenvalue weighted by atomic mass is 9.99. The van der Waals surface area contributed by atoms with Crippen LogP contribution in [0.15, 0.2) is 30.3 Å². The number of carbonyl (C=O) groups is 2. The number of aliphatic hydroxyl groups is 1. The number of hydrogen-bond acceptors (Lipinski definition) is 3. The number of nitrogens with one attached hydrogen (secondary N) is 1. The third-order valence-electron chi connectivity index (χ3n) is 4.67. The molecule has 5 nitrogen and oxygen atoms in total. The summed E-state index contributed by atoms with van der Waals surface area (Å²) in [5, 5.41) is 12.1. The number of likely N-dealkylation sites (tertiary alicyclic amines) is 1. The number of hydrogen-bond donors (Lipinski definition) is 2. The maximum Gasteiger partial charge on any atom is 0.225 e. The molecule has 1 aromatic rings. The molecule has 1 aliphatic rings. The second-order valence-electron chi connectivity index (χ2n) is 6.85. The molecule has 24 heavy (non-hydrogen) atoms. The third kappa shape index (κ3) is 5.06. The van der Waals surface area contributed by atoms with E-state index in [0.29, 0.717) is 19.5 Å². The van der Waals surface area contributed by atoms with Crippen LogP contribution in [-0.2, 0) is 16.0 Å². The molecular formula is C19H28N2O3. The van der Waals surface area contributed by atoms with E-state index >= 15 is 0 Å². The van der Waals surface area contributed by atoms with Gasteiger partial charge in [-0.15, -0.1) is 0 Å². The summed E-state index contributed by atoms with van der Waals surface area (Å²) in [6, 6.07) is 10.0. The molecule has 0 spiro atoms. The van der Waals surface area contributed by atoms with E-state index in [1.54, 1.807) is 4.90 Å². The van der Waals surface area contributed by atoms with E-state index in [4.69, 9.17) is 5.11 Å². The highest BCUT2D eigenvalue weighted by atomic mass is 16.3. The largest absolute Gasteiger partial charge is 0.396 e. The van der Waals surface area contributed by atoms with Crippen LogP contribution in [0.2, 0.25) is 0 Å². The summed E-state index contributed by atoms with van der Waals surface area (Å²) in [7, 11) is 0. The average molecular weight is 332 g/mol. The summed E-state index contributed by atoms with van der Waals surface area (Å²) in [4.78, 5) is 26.4. The van der Waals surface area contributed by atoms with Crippen molar-refractivity contribution in [1.82, 2.24) is 10.2 Å². The van der Waals surface area contributed by atoms with Crippen LogP contribution in [0.4, 0.5) is 0 Å². The van der Waals surface area contributed by atoms with E-state index in [-0.39, 0.29) is 42.7 Å². The topological polar surface area (TPSA) is 69.6 Å². The van der Waals surface area contributed by atoms with E-state index in [2.05, 4.69) is 5.32 Å². The van der Waals surface area contributed by atoms with E-state index < -0.39 is 0 Å².